The molecule has 0 spiro atoms. The number of hydrogen-bond donors (Lipinski definition) is 0. The van der Waals surface area contributed by atoms with Gasteiger partial charge in [-0.2, -0.15) is 0 Å². The predicted molar refractivity (Wildman–Crippen MR) is 85.5 cm³/mol. The van der Waals surface area contributed by atoms with Gasteiger partial charge >= 0.3 is 0 Å². The number of hydrogen-bond acceptors (Lipinski definition) is 2. The Morgan fingerprint density at radius 1 is 0.500 bits per heavy atom. The van der Waals surface area contributed by atoms with E-state index < -0.39 is 0 Å². The third kappa shape index (κ3) is 2.96. The molecule has 2 rings (SSSR count). The van der Waals surface area contributed by atoms with Gasteiger partial charge in [-0.25, -0.2) is 0 Å². The van der Waals surface area contributed by atoms with Gasteiger partial charge in [0.2, 0.25) is 0 Å². The summed E-state index contributed by atoms with van der Waals surface area (Å²) in [7, 11) is 0. The van der Waals surface area contributed by atoms with E-state index in [0.29, 0.717) is 0 Å². The summed E-state index contributed by atoms with van der Waals surface area (Å²) in [6, 6.07) is 8.60. The molecule has 0 radical (unpaired) electrons. The molecule has 0 aliphatic carbocycles. The molecule has 0 atom stereocenters. The van der Waals surface area contributed by atoms with Gasteiger partial charge in [0.25, 0.3) is 0 Å². The summed E-state index contributed by atoms with van der Waals surface area (Å²) in [4.78, 5) is 0. The molecule has 104 valence electrons. The molecule has 0 saturated carbocycles. The van der Waals surface area contributed by atoms with Crippen molar-refractivity contribution in [2.24, 2.45) is 10.2 Å². The van der Waals surface area contributed by atoms with Crippen LogP contribution in [0.1, 0.15) is 33.4 Å². The standard InChI is InChI=1S/C18H22N2/c1-11-7-13(3)17(14(4)8-11)19-20-18-15(5)9-12(2)10-16(18)6/h7-10H,1-6H3/b20-19+. The van der Waals surface area contributed by atoms with Crippen LogP contribution in [0.4, 0.5) is 11.4 Å². The zero-order valence-corrected chi connectivity index (χ0v) is 13.2. The Bertz CT molecular complexity index is 576. The van der Waals surface area contributed by atoms with Crippen molar-refractivity contribution in [2.75, 3.05) is 0 Å². The highest BCUT2D eigenvalue weighted by atomic mass is 15.1. The second-order valence-corrected chi connectivity index (χ2v) is 5.69. The van der Waals surface area contributed by atoms with Gasteiger partial charge in [-0.15, -0.1) is 10.2 Å². The minimum Gasteiger partial charge on any atom is -0.150 e. The number of nitrogens with zero attached hydrogens (tertiary/aromatic N) is 2. The Kier molecular flexibility index (Phi) is 4.03. The van der Waals surface area contributed by atoms with Crippen LogP contribution in [0.15, 0.2) is 34.5 Å². The van der Waals surface area contributed by atoms with Crippen LogP contribution < -0.4 is 0 Å². The normalized spacial score (nSPS) is 11.3. The first-order valence-electron chi connectivity index (χ1n) is 6.96. The molecule has 2 heteroatoms. The van der Waals surface area contributed by atoms with Crippen molar-refractivity contribution in [3.8, 4) is 0 Å². The Hall–Kier alpha value is -1.96. The van der Waals surface area contributed by atoms with E-state index in [2.05, 4.69) is 76.0 Å². The Labute approximate surface area is 121 Å². The first kappa shape index (κ1) is 14.4. The summed E-state index contributed by atoms with van der Waals surface area (Å²) in [6.45, 7) is 12.6. The zero-order valence-electron chi connectivity index (χ0n) is 13.2. The molecule has 0 saturated heterocycles. The highest BCUT2D eigenvalue weighted by Gasteiger charge is 2.05. The molecule has 0 amide bonds. The second-order valence-electron chi connectivity index (χ2n) is 5.69. The average molecular weight is 266 g/mol. The number of azo groups is 1. The van der Waals surface area contributed by atoms with E-state index in [1.165, 1.54) is 33.4 Å². The van der Waals surface area contributed by atoms with E-state index in [9.17, 15) is 0 Å². The van der Waals surface area contributed by atoms with Gasteiger partial charge in [-0.3, -0.25) is 0 Å². The highest BCUT2D eigenvalue weighted by molar-refractivity contribution is 5.56. The van der Waals surface area contributed by atoms with E-state index in [-0.39, 0.29) is 0 Å². The topological polar surface area (TPSA) is 24.7 Å². The smallest absolute Gasteiger partial charge is 0.0915 e. The van der Waals surface area contributed by atoms with Crippen LogP contribution in [0.5, 0.6) is 0 Å². The van der Waals surface area contributed by atoms with Crippen molar-refractivity contribution in [2.45, 2.75) is 41.5 Å². The summed E-state index contributed by atoms with van der Waals surface area (Å²) in [5.41, 5.74) is 9.19. The van der Waals surface area contributed by atoms with E-state index in [1.54, 1.807) is 0 Å². The molecule has 20 heavy (non-hydrogen) atoms. The Balaban J connectivity index is 2.45. The third-order valence-corrected chi connectivity index (χ3v) is 3.52. The van der Waals surface area contributed by atoms with E-state index in [1.807, 2.05) is 0 Å². The number of benzene rings is 2. The first-order valence-corrected chi connectivity index (χ1v) is 6.96. The molecule has 0 bridgehead atoms. The molecule has 0 fully saturated rings. The second kappa shape index (κ2) is 5.58. The highest BCUT2D eigenvalue weighted by Crippen LogP contribution is 2.30. The number of aryl methyl sites for hydroxylation is 6. The summed E-state index contributed by atoms with van der Waals surface area (Å²) >= 11 is 0. The van der Waals surface area contributed by atoms with Gasteiger partial charge in [-0.1, -0.05) is 35.4 Å². The van der Waals surface area contributed by atoms with Crippen LogP contribution in [0.2, 0.25) is 0 Å². The van der Waals surface area contributed by atoms with Gasteiger partial charge in [-0.05, 0) is 63.8 Å². The van der Waals surface area contributed by atoms with Gasteiger partial charge in [0.15, 0.2) is 0 Å². The third-order valence-electron chi connectivity index (χ3n) is 3.52. The van der Waals surface area contributed by atoms with Crippen LogP contribution in [0.3, 0.4) is 0 Å². The maximum absolute atomic E-state index is 4.49. The van der Waals surface area contributed by atoms with Crippen LogP contribution in [-0.2, 0) is 0 Å². The lowest BCUT2D eigenvalue weighted by molar-refractivity contribution is 1.15. The Morgan fingerprint density at radius 3 is 1.00 bits per heavy atom. The molecule has 0 N–H and O–H groups in total. The minimum absolute atomic E-state index is 0.981. The summed E-state index contributed by atoms with van der Waals surface area (Å²) in [5.74, 6) is 0. The molecule has 0 aliphatic rings. The molecular weight excluding hydrogens is 244 g/mol. The van der Waals surface area contributed by atoms with Gasteiger partial charge in [0.05, 0.1) is 11.4 Å². The van der Waals surface area contributed by atoms with Gasteiger partial charge in [0.1, 0.15) is 0 Å². The lowest BCUT2D eigenvalue weighted by atomic mass is 10.1. The lowest BCUT2D eigenvalue weighted by Crippen LogP contribution is -1.85. The average Bonchev–Trinajstić information content (AvgIpc) is 2.30. The fraction of sp³-hybridized carbons (Fsp3) is 0.333. The molecule has 2 aromatic carbocycles. The van der Waals surface area contributed by atoms with Crippen molar-refractivity contribution < 1.29 is 0 Å². The molecular formula is C18H22N2. The van der Waals surface area contributed by atoms with E-state index in [4.69, 9.17) is 0 Å². The summed E-state index contributed by atoms with van der Waals surface area (Å²) in [5, 5.41) is 8.99. The molecule has 0 aromatic heterocycles. The molecule has 0 aliphatic heterocycles. The predicted octanol–water partition coefficient (Wildman–Crippen LogP) is 5.95. The molecule has 2 aromatic rings. The first-order chi connectivity index (χ1) is 9.38. The van der Waals surface area contributed by atoms with Crippen molar-refractivity contribution in [3.05, 3.63) is 57.6 Å². The van der Waals surface area contributed by atoms with Crippen molar-refractivity contribution >= 4 is 11.4 Å². The number of rotatable bonds is 2. The van der Waals surface area contributed by atoms with Gasteiger partial charge < -0.3 is 0 Å². The molecule has 0 unspecified atom stereocenters. The van der Waals surface area contributed by atoms with E-state index in [0.717, 1.165) is 11.4 Å². The fourth-order valence-corrected chi connectivity index (χ4v) is 2.76. The molecule has 0 heterocycles. The maximum Gasteiger partial charge on any atom is 0.0915 e. The maximum atomic E-state index is 4.49. The van der Waals surface area contributed by atoms with Crippen LogP contribution >= 0.6 is 0 Å². The van der Waals surface area contributed by atoms with E-state index >= 15 is 0 Å². The van der Waals surface area contributed by atoms with Crippen LogP contribution in [0.25, 0.3) is 0 Å². The Morgan fingerprint density at radius 2 is 0.750 bits per heavy atom. The SMILES string of the molecule is Cc1cc(C)c(/N=N/c2c(C)cc(C)cc2C)c(C)c1. The lowest BCUT2D eigenvalue weighted by Gasteiger charge is -2.08. The van der Waals surface area contributed by atoms with Crippen molar-refractivity contribution in [1.82, 2.24) is 0 Å². The zero-order chi connectivity index (χ0) is 14.9. The monoisotopic (exact) mass is 266 g/mol. The largest absolute Gasteiger partial charge is 0.150 e. The molecule has 2 nitrogen and oxygen atoms in total. The quantitative estimate of drug-likeness (QED) is 0.600. The minimum atomic E-state index is 0.981. The van der Waals surface area contributed by atoms with Crippen molar-refractivity contribution in [1.29, 1.82) is 0 Å². The van der Waals surface area contributed by atoms with Crippen LogP contribution in [0, 0.1) is 41.5 Å². The van der Waals surface area contributed by atoms with Gasteiger partial charge in [0, 0.05) is 0 Å². The van der Waals surface area contributed by atoms with Crippen molar-refractivity contribution in [3.63, 3.8) is 0 Å². The summed E-state index contributed by atoms with van der Waals surface area (Å²) in [6.07, 6.45) is 0. The summed E-state index contributed by atoms with van der Waals surface area (Å²) < 4.78 is 0. The van der Waals surface area contributed by atoms with Crippen LogP contribution in [-0.4, -0.2) is 0 Å². The fourth-order valence-electron chi connectivity index (χ4n) is 2.76.